The first-order valence-corrected chi connectivity index (χ1v) is 7.76. The van der Waals surface area contributed by atoms with E-state index in [4.69, 9.17) is 34.8 Å². The molecule has 0 spiro atoms. The first kappa shape index (κ1) is 14.6. The summed E-state index contributed by atoms with van der Waals surface area (Å²) >= 11 is 18.7. The number of nitrogens with zero attached hydrogens (tertiary/aromatic N) is 1. The van der Waals surface area contributed by atoms with Crippen molar-refractivity contribution in [1.29, 1.82) is 0 Å². The number of pyridine rings is 1. The fourth-order valence-corrected chi connectivity index (χ4v) is 3.09. The van der Waals surface area contributed by atoms with Gasteiger partial charge in [-0.2, -0.15) is 0 Å². The van der Waals surface area contributed by atoms with E-state index in [1.165, 1.54) is 0 Å². The predicted octanol–water partition coefficient (Wildman–Crippen LogP) is 6.06. The van der Waals surface area contributed by atoms with E-state index >= 15 is 0 Å². The third kappa shape index (κ3) is 3.32. The molecule has 3 rings (SSSR count). The molecule has 0 aliphatic carbocycles. The van der Waals surface area contributed by atoms with Crippen LogP contribution in [-0.2, 0) is 6.42 Å². The number of hydrogen-bond donors (Lipinski definition) is 0. The number of alkyl halides is 1. The van der Waals surface area contributed by atoms with Gasteiger partial charge in [-0.25, -0.2) is 0 Å². The number of fused-ring (bicyclic) bond motifs is 1. The highest BCUT2D eigenvalue weighted by Crippen LogP contribution is 2.32. The van der Waals surface area contributed by atoms with Crippen LogP contribution in [0.2, 0.25) is 10.0 Å². The lowest BCUT2D eigenvalue weighted by Gasteiger charge is -2.12. The van der Waals surface area contributed by atoms with E-state index in [1.54, 1.807) is 12.1 Å². The Labute approximate surface area is 138 Å². The van der Waals surface area contributed by atoms with Crippen LogP contribution in [0.4, 0.5) is 0 Å². The largest absolute Gasteiger partial charge is 0.253 e. The van der Waals surface area contributed by atoms with Gasteiger partial charge in [0.25, 0.3) is 0 Å². The maximum atomic E-state index is 6.49. The minimum absolute atomic E-state index is 0.259. The Kier molecular flexibility index (Phi) is 4.34. The second kappa shape index (κ2) is 6.23. The van der Waals surface area contributed by atoms with E-state index in [-0.39, 0.29) is 5.38 Å². The van der Waals surface area contributed by atoms with Crippen LogP contribution in [0.1, 0.15) is 16.6 Å². The third-order valence-corrected chi connectivity index (χ3v) is 4.31. The summed E-state index contributed by atoms with van der Waals surface area (Å²) in [6.07, 6.45) is 0.604. The second-order valence-electron chi connectivity index (χ2n) is 4.83. The van der Waals surface area contributed by atoms with Crippen molar-refractivity contribution in [3.8, 4) is 0 Å². The Morgan fingerprint density at radius 3 is 2.62 bits per heavy atom. The number of halogens is 3. The van der Waals surface area contributed by atoms with Gasteiger partial charge >= 0.3 is 0 Å². The molecule has 1 heterocycles. The molecule has 0 N–H and O–H groups in total. The highest BCUT2D eigenvalue weighted by molar-refractivity contribution is 6.34. The van der Waals surface area contributed by atoms with Crippen molar-refractivity contribution >= 4 is 45.7 Å². The summed E-state index contributed by atoms with van der Waals surface area (Å²) in [6.45, 7) is 0. The molecule has 0 amide bonds. The molecule has 1 aromatic heterocycles. The van der Waals surface area contributed by atoms with Crippen molar-refractivity contribution in [1.82, 2.24) is 4.98 Å². The summed E-state index contributed by atoms with van der Waals surface area (Å²) in [5, 5.41) is 2.12. The van der Waals surface area contributed by atoms with Crippen LogP contribution in [0, 0.1) is 0 Å². The first-order valence-electron chi connectivity index (χ1n) is 6.57. The molecule has 2 aromatic carbocycles. The van der Waals surface area contributed by atoms with E-state index < -0.39 is 0 Å². The van der Waals surface area contributed by atoms with Crippen LogP contribution in [0.3, 0.4) is 0 Å². The van der Waals surface area contributed by atoms with E-state index in [9.17, 15) is 0 Å². The maximum Gasteiger partial charge on any atom is 0.0705 e. The topological polar surface area (TPSA) is 12.9 Å². The van der Waals surface area contributed by atoms with Gasteiger partial charge in [0.05, 0.1) is 10.9 Å². The molecular formula is C17H12Cl3N. The van der Waals surface area contributed by atoms with Crippen molar-refractivity contribution in [2.24, 2.45) is 0 Å². The summed E-state index contributed by atoms with van der Waals surface area (Å²) < 4.78 is 0. The molecule has 0 radical (unpaired) electrons. The third-order valence-electron chi connectivity index (χ3n) is 3.34. The lowest BCUT2D eigenvalue weighted by molar-refractivity contribution is 0.888. The van der Waals surface area contributed by atoms with E-state index in [0.29, 0.717) is 16.5 Å². The summed E-state index contributed by atoms with van der Waals surface area (Å²) in [4.78, 5) is 4.63. The van der Waals surface area contributed by atoms with Gasteiger partial charge in [-0.3, -0.25) is 4.98 Å². The monoisotopic (exact) mass is 335 g/mol. The van der Waals surface area contributed by atoms with E-state index in [1.807, 2.05) is 36.4 Å². The standard InChI is InChI=1S/C17H12Cl3N/c18-12-6-8-15(19)14(9-12)16(20)10-13-7-5-11-3-1-2-4-17(11)21-13/h1-9,16H,10H2. The maximum absolute atomic E-state index is 6.49. The Hall–Kier alpha value is -1.28. The van der Waals surface area contributed by atoms with Crippen molar-refractivity contribution in [3.05, 3.63) is 75.9 Å². The summed E-state index contributed by atoms with van der Waals surface area (Å²) in [7, 11) is 0. The lowest BCUT2D eigenvalue weighted by Crippen LogP contribution is -1.99. The van der Waals surface area contributed by atoms with Gasteiger partial charge in [0.2, 0.25) is 0 Å². The Balaban J connectivity index is 1.88. The molecule has 1 nitrogen and oxygen atoms in total. The number of hydrogen-bond acceptors (Lipinski definition) is 1. The number of para-hydroxylation sites is 1. The Morgan fingerprint density at radius 1 is 0.952 bits per heavy atom. The molecule has 1 atom stereocenters. The molecule has 0 aliphatic heterocycles. The Morgan fingerprint density at radius 2 is 1.76 bits per heavy atom. The van der Waals surface area contributed by atoms with Gasteiger partial charge < -0.3 is 0 Å². The zero-order chi connectivity index (χ0) is 14.8. The first-order chi connectivity index (χ1) is 10.1. The average Bonchev–Trinajstić information content (AvgIpc) is 2.49. The van der Waals surface area contributed by atoms with Gasteiger partial charge in [-0.05, 0) is 35.9 Å². The van der Waals surface area contributed by atoms with Gasteiger partial charge in [0.15, 0.2) is 0 Å². The number of aromatic nitrogens is 1. The highest BCUT2D eigenvalue weighted by atomic mass is 35.5. The van der Waals surface area contributed by atoms with Crippen molar-refractivity contribution in [3.63, 3.8) is 0 Å². The second-order valence-corrected chi connectivity index (χ2v) is 6.20. The predicted molar refractivity (Wildman–Crippen MR) is 90.5 cm³/mol. The summed E-state index contributed by atoms with van der Waals surface area (Å²) in [5.41, 5.74) is 2.74. The van der Waals surface area contributed by atoms with Crippen LogP contribution >= 0.6 is 34.8 Å². The van der Waals surface area contributed by atoms with Gasteiger partial charge in [-0.15, -0.1) is 11.6 Å². The minimum Gasteiger partial charge on any atom is -0.253 e. The molecule has 1 unspecified atom stereocenters. The van der Waals surface area contributed by atoms with Crippen LogP contribution in [0.25, 0.3) is 10.9 Å². The molecule has 0 aliphatic rings. The molecule has 21 heavy (non-hydrogen) atoms. The fourth-order valence-electron chi connectivity index (χ4n) is 2.27. The fraction of sp³-hybridized carbons (Fsp3) is 0.118. The molecule has 3 aromatic rings. The van der Waals surface area contributed by atoms with Gasteiger partial charge in [-0.1, -0.05) is 47.5 Å². The summed E-state index contributed by atoms with van der Waals surface area (Å²) in [5.74, 6) is 0. The highest BCUT2D eigenvalue weighted by Gasteiger charge is 2.14. The van der Waals surface area contributed by atoms with Crippen molar-refractivity contribution in [2.75, 3.05) is 0 Å². The van der Waals surface area contributed by atoms with Crippen LogP contribution in [0.15, 0.2) is 54.6 Å². The van der Waals surface area contributed by atoms with Crippen molar-refractivity contribution < 1.29 is 0 Å². The minimum atomic E-state index is -0.259. The van der Waals surface area contributed by atoms with Gasteiger partial charge in [0, 0.05) is 27.5 Å². The molecule has 0 saturated heterocycles. The Bertz CT molecular complexity index is 786. The lowest BCUT2D eigenvalue weighted by atomic mass is 10.1. The molecule has 0 fully saturated rings. The molecule has 0 saturated carbocycles. The normalized spacial score (nSPS) is 12.5. The molecule has 0 bridgehead atoms. The van der Waals surface area contributed by atoms with Crippen LogP contribution < -0.4 is 0 Å². The van der Waals surface area contributed by atoms with E-state index in [0.717, 1.165) is 22.2 Å². The number of benzene rings is 2. The quantitative estimate of drug-likeness (QED) is 0.529. The molecular weight excluding hydrogens is 325 g/mol. The number of rotatable bonds is 3. The zero-order valence-electron chi connectivity index (χ0n) is 11.1. The van der Waals surface area contributed by atoms with Crippen LogP contribution in [-0.4, -0.2) is 4.98 Å². The summed E-state index contributed by atoms with van der Waals surface area (Å²) in [6, 6.07) is 17.4. The van der Waals surface area contributed by atoms with E-state index in [2.05, 4.69) is 11.1 Å². The van der Waals surface area contributed by atoms with Crippen molar-refractivity contribution in [2.45, 2.75) is 11.8 Å². The molecule has 106 valence electrons. The SMILES string of the molecule is Clc1ccc(Cl)c(C(Cl)Cc2ccc3ccccc3n2)c1. The van der Waals surface area contributed by atoms with Gasteiger partial charge in [0.1, 0.15) is 0 Å². The molecule has 4 heteroatoms. The zero-order valence-corrected chi connectivity index (χ0v) is 13.3. The smallest absolute Gasteiger partial charge is 0.0705 e. The van der Waals surface area contributed by atoms with Crippen LogP contribution in [0.5, 0.6) is 0 Å². The average molecular weight is 337 g/mol.